The Bertz CT molecular complexity index is 716. The summed E-state index contributed by atoms with van der Waals surface area (Å²) in [5.41, 5.74) is 2.41. The molecule has 2 N–H and O–H groups in total. The van der Waals surface area contributed by atoms with Crippen LogP contribution in [0.1, 0.15) is 36.8 Å². The predicted octanol–water partition coefficient (Wildman–Crippen LogP) is 2.81. The molecule has 0 fully saturated rings. The summed E-state index contributed by atoms with van der Waals surface area (Å²) >= 11 is 0. The van der Waals surface area contributed by atoms with Gasteiger partial charge in [0.25, 0.3) is 5.91 Å². The van der Waals surface area contributed by atoms with Crippen LogP contribution in [-0.2, 0) is 11.3 Å². The van der Waals surface area contributed by atoms with Crippen LogP contribution in [0.25, 0.3) is 10.9 Å². The average Bonchev–Trinajstić information content (AvgIpc) is 2.76. The van der Waals surface area contributed by atoms with Crippen LogP contribution < -0.4 is 5.32 Å². The lowest BCUT2D eigenvalue weighted by Gasteiger charge is -2.19. The second kappa shape index (κ2) is 6.22. The number of nitrogens with zero attached hydrogens (tertiary/aromatic N) is 1. The van der Waals surface area contributed by atoms with E-state index in [2.05, 4.69) is 5.32 Å². The highest BCUT2D eigenvalue weighted by atomic mass is 16.4. The molecule has 0 bridgehead atoms. The first-order valence-corrected chi connectivity index (χ1v) is 7.50. The van der Waals surface area contributed by atoms with E-state index >= 15 is 0 Å². The maximum atomic E-state index is 12.6. The summed E-state index contributed by atoms with van der Waals surface area (Å²) in [6, 6.07) is 6.93. The molecule has 1 heterocycles. The molecule has 0 radical (unpaired) electrons. The van der Waals surface area contributed by atoms with Crippen molar-refractivity contribution in [3.63, 3.8) is 0 Å². The van der Waals surface area contributed by atoms with Gasteiger partial charge in [-0.3, -0.25) is 4.79 Å². The average molecular weight is 302 g/mol. The maximum Gasteiger partial charge on any atom is 0.326 e. The Kier molecular flexibility index (Phi) is 4.54. The van der Waals surface area contributed by atoms with Crippen molar-refractivity contribution >= 4 is 22.8 Å². The number of aromatic nitrogens is 1. The summed E-state index contributed by atoms with van der Waals surface area (Å²) < 4.78 is 1.93. The number of carbonyl (C=O) groups excluding carboxylic acids is 1. The minimum atomic E-state index is -1.01. The molecule has 1 unspecified atom stereocenters. The second-order valence-electron chi connectivity index (χ2n) is 5.77. The fourth-order valence-electron chi connectivity index (χ4n) is 2.82. The fraction of sp³-hybridized carbons (Fsp3) is 0.412. The number of hydrogen-bond acceptors (Lipinski definition) is 2. The van der Waals surface area contributed by atoms with E-state index in [0.29, 0.717) is 12.2 Å². The summed E-state index contributed by atoms with van der Waals surface area (Å²) in [7, 11) is 0. The number of rotatable bonds is 5. The van der Waals surface area contributed by atoms with Crippen LogP contribution in [0.15, 0.2) is 24.3 Å². The lowest BCUT2D eigenvalue weighted by Crippen LogP contribution is -2.45. The van der Waals surface area contributed by atoms with Crippen molar-refractivity contribution in [3.05, 3.63) is 35.5 Å². The van der Waals surface area contributed by atoms with Gasteiger partial charge in [-0.05, 0) is 31.4 Å². The molecule has 1 aromatic heterocycles. The molecule has 2 rings (SSSR count). The fourth-order valence-corrected chi connectivity index (χ4v) is 2.82. The van der Waals surface area contributed by atoms with Gasteiger partial charge in [0.2, 0.25) is 0 Å². The Hall–Kier alpha value is -2.30. The third-order valence-electron chi connectivity index (χ3n) is 3.97. The zero-order chi connectivity index (χ0) is 16.4. The van der Waals surface area contributed by atoms with Gasteiger partial charge in [0.05, 0.1) is 0 Å². The number of aliphatic carboxylic acids is 1. The summed E-state index contributed by atoms with van der Waals surface area (Å²) in [5.74, 6) is -1.53. The van der Waals surface area contributed by atoms with Crippen molar-refractivity contribution in [2.45, 2.75) is 40.3 Å². The molecule has 1 aromatic carbocycles. The van der Waals surface area contributed by atoms with Gasteiger partial charge in [-0.2, -0.15) is 0 Å². The molecule has 5 heteroatoms. The number of benzene rings is 1. The van der Waals surface area contributed by atoms with Gasteiger partial charge < -0.3 is 15.0 Å². The Morgan fingerprint density at radius 1 is 1.27 bits per heavy atom. The number of fused-ring (bicyclic) bond motifs is 1. The van der Waals surface area contributed by atoms with Crippen molar-refractivity contribution in [3.8, 4) is 0 Å². The van der Waals surface area contributed by atoms with E-state index in [1.54, 1.807) is 13.8 Å². The summed E-state index contributed by atoms with van der Waals surface area (Å²) in [4.78, 5) is 23.9. The van der Waals surface area contributed by atoms with Gasteiger partial charge in [-0.15, -0.1) is 0 Å². The molecule has 22 heavy (non-hydrogen) atoms. The van der Waals surface area contributed by atoms with Crippen LogP contribution in [0.4, 0.5) is 0 Å². The summed E-state index contributed by atoms with van der Waals surface area (Å²) in [6.45, 7) is 8.08. The highest BCUT2D eigenvalue weighted by Gasteiger charge is 2.27. The van der Waals surface area contributed by atoms with Crippen molar-refractivity contribution in [1.82, 2.24) is 9.88 Å². The third-order valence-corrected chi connectivity index (χ3v) is 3.97. The van der Waals surface area contributed by atoms with E-state index < -0.39 is 12.0 Å². The predicted molar refractivity (Wildman–Crippen MR) is 86.1 cm³/mol. The van der Waals surface area contributed by atoms with Gasteiger partial charge in [0.1, 0.15) is 11.7 Å². The van der Waals surface area contributed by atoms with Crippen LogP contribution in [-0.4, -0.2) is 27.6 Å². The molecule has 0 saturated heterocycles. The summed E-state index contributed by atoms with van der Waals surface area (Å²) in [6.07, 6.45) is 0. The molecule has 1 atom stereocenters. The zero-order valence-electron chi connectivity index (χ0n) is 13.4. The number of carboxylic acid groups (broad SMARTS) is 1. The quantitative estimate of drug-likeness (QED) is 0.892. The monoisotopic (exact) mass is 302 g/mol. The first kappa shape index (κ1) is 16.1. The van der Waals surface area contributed by atoms with Gasteiger partial charge in [0, 0.05) is 17.4 Å². The van der Waals surface area contributed by atoms with Crippen molar-refractivity contribution in [1.29, 1.82) is 0 Å². The first-order valence-electron chi connectivity index (χ1n) is 7.50. The molecule has 0 saturated carbocycles. The molecule has 2 aromatic rings. The molecular formula is C17H22N2O3. The number of aryl methyl sites for hydroxylation is 2. The standard InChI is InChI=1S/C17H22N2O3/c1-5-19-13-9-7-6-8-12(13)11(4)15(19)16(20)18-14(10(2)3)17(21)22/h6-10,14H,5H2,1-4H3,(H,18,20)(H,21,22). The van der Waals surface area contributed by atoms with Gasteiger partial charge >= 0.3 is 5.97 Å². The molecule has 0 spiro atoms. The van der Waals surface area contributed by atoms with Crippen LogP contribution in [0.5, 0.6) is 0 Å². The highest BCUT2D eigenvalue weighted by Crippen LogP contribution is 2.25. The number of carboxylic acids is 1. The number of para-hydroxylation sites is 1. The first-order chi connectivity index (χ1) is 10.4. The molecule has 1 amide bonds. The Morgan fingerprint density at radius 3 is 2.45 bits per heavy atom. The Labute approximate surface area is 129 Å². The smallest absolute Gasteiger partial charge is 0.326 e. The van der Waals surface area contributed by atoms with E-state index in [-0.39, 0.29) is 11.8 Å². The number of nitrogens with one attached hydrogen (secondary N) is 1. The Balaban J connectivity index is 2.48. The molecule has 0 aliphatic rings. The zero-order valence-corrected chi connectivity index (χ0v) is 13.4. The number of hydrogen-bond donors (Lipinski definition) is 2. The lowest BCUT2D eigenvalue weighted by atomic mass is 10.0. The SMILES string of the molecule is CCn1c(C(=O)NC(C(=O)O)C(C)C)c(C)c2ccccc21. The van der Waals surface area contributed by atoms with E-state index in [1.165, 1.54) is 0 Å². The number of carbonyl (C=O) groups is 2. The molecule has 0 aliphatic heterocycles. The molecular weight excluding hydrogens is 280 g/mol. The molecule has 118 valence electrons. The van der Waals surface area contributed by atoms with Crippen LogP contribution in [0.3, 0.4) is 0 Å². The van der Waals surface area contributed by atoms with E-state index in [1.807, 2.05) is 42.7 Å². The molecule has 5 nitrogen and oxygen atoms in total. The maximum absolute atomic E-state index is 12.6. The van der Waals surface area contributed by atoms with E-state index in [9.17, 15) is 14.7 Å². The second-order valence-corrected chi connectivity index (χ2v) is 5.77. The van der Waals surface area contributed by atoms with Crippen molar-refractivity contribution in [2.75, 3.05) is 0 Å². The van der Waals surface area contributed by atoms with E-state index in [0.717, 1.165) is 16.5 Å². The largest absolute Gasteiger partial charge is 0.480 e. The van der Waals surface area contributed by atoms with Gasteiger partial charge in [-0.25, -0.2) is 4.79 Å². The van der Waals surface area contributed by atoms with Crippen molar-refractivity contribution < 1.29 is 14.7 Å². The number of amides is 1. The minimum absolute atomic E-state index is 0.179. The van der Waals surface area contributed by atoms with Crippen LogP contribution in [0.2, 0.25) is 0 Å². The van der Waals surface area contributed by atoms with Gasteiger partial charge in [0.15, 0.2) is 0 Å². The normalized spacial score (nSPS) is 12.6. The lowest BCUT2D eigenvalue weighted by molar-refractivity contribution is -0.140. The van der Waals surface area contributed by atoms with Gasteiger partial charge in [-0.1, -0.05) is 32.0 Å². The van der Waals surface area contributed by atoms with Crippen LogP contribution >= 0.6 is 0 Å². The molecule has 0 aliphatic carbocycles. The third kappa shape index (κ3) is 2.71. The summed E-state index contributed by atoms with van der Waals surface area (Å²) in [5, 5.41) is 12.9. The highest BCUT2D eigenvalue weighted by molar-refractivity contribution is 6.02. The minimum Gasteiger partial charge on any atom is -0.480 e. The van der Waals surface area contributed by atoms with E-state index in [4.69, 9.17) is 0 Å². The van der Waals surface area contributed by atoms with Crippen molar-refractivity contribution in [2.24, 2.45) is 5.92 Å². The topological polar surface area (TPSA) is 71.3 Å². The Morgan fingerprint density at radius 2 is 1.91 bits per heavy atom. The van der Waals surface area contributed by atoms with Crippen LogP contribution in [0, 0.1) is 12.8 Å².